The van der Waals surface area contributed by atoms with Gasteiger partial charge in [-0.3, -0.25) is 9.89 Å². The predicted molar refractivity (Wildman–Crippen MR) is 133 cm³/mol. The van der Waals surface area contributed by atoms with Gasteiger partial charge >= 0.3 is 0 Å². The van der Waals surface area contributed by atoms with Crippen LogP contribution >= 0.6 is 24.0 Å². The smallest absolute Gasteiger partial charge is 0.188 e. The summed E-state index contributed by atoms with van der Waals surface area (Å²) in [6.07, 6.45) is 2.20. The zero-order chi connectivity index (χ0) is 22.1. The van der Waals surface area contributed by atoms with E-state index < -0.39 is 0 Å². The molecule has 3 rings (SSSR count). The van der Waals surface area contributed by atoms with E-state index in [1.807, 2.05) is 0 Å². The number of benzene rings is 1. The Morgan fingerprint density at radius 3 is 2.66 bits per heavy atom. The zero-order valence-corrected chi connectivity index (χ0v) is 20.3. The summed E-state index contributed by atoms with van der Waals surface area (Å²) in [5.41, 5.74) is 13.5. The third-order valence-corrected chi connectivity index (χ3v) is 5.09. The molecule has 0 spiro atoms. The van der Waals surface area contributed by atoms with Gasteiger partial charge in [0.1, 0.15) is 23.3 Å². The van der Waals surface area contributed by atoms with Crippen molar-refractivity contribution in [1.29, 1.82) is 5.26 Å². The summed E-state index contributed by atoms with van der Waals surface area (Å²) >= 11 is 0. The number of aromatic nitrogens is 2. The molecule has 0 amide bonds. The molecule has 1 saturated heterocycles. The van der Waals surface area contributed by atoms with Gasteiger partial charge in [0.15, 0.2) is 5.96 Å². The van der Waals surface area contributed by atoms with E-state index in [9.17, 15) is 9.65 Å². The summed E-state index contributed by atoms with van der Waals surface area (Å²) < 4.78 is 20.0. The number of anilines is 1. The van der Waals surface area contributed by atoms with Gasteiger partial charge in [-0.15, -0.1) is 24.0 Å². The van der Waals surface area contributed by atoms with Gasteiger partial charge in [-0.05, 0) is 50.1 Å². The minimum absolute atomic E-state index is 0. The van der Waals surface area contributed by atoms with Gasteiger partial charge in [0, 0.05) is 26.2 Å². The number of guanidine groups is 1. The van der Waals surface area contributed by atoms with Gasteiger partial charge in [0.25, 0.3) is 0 Å². The van der Waals surface area contributed by atoms with Crippen LogP contribution in [0.3, 0.4) is 0 Å². The van der Waals surface area contributed by atoms with E-state index in [0.717, 1.165) is 45.8 Å². The summed E-state index contributed by atoms with van der Waals surface area (Å²) in [4.78, 5) is 6.71. The summed E-state index contributed by atoms with van der Waals surface area (Å²) in [5, 5.41) is 17.0. The largest absolute Gasteiger partial charge is 0.382 e. The fraction of sp³-hybridized carbons (Fsp3) is 0.476. The van der Waals surface area contributed by atoms with Crippen molar-refractivity contribution in [2.75, 3.05) is 51.7 Å². The van der Waals surface area contributed by atoms with Crippen molar-refractivity contribution >= 4 is 35.8 Å². The minimum Gasteiger partial charge on any atom is -0.382 e. The van der Waals surface area contributed by atoms with Gasteiger partial charge in [0.05, 0.1) is 24.6 Å². The lowest BCUT2D eigenvalue weighted by Gasteiger charge is -2.26. The number of ether oxygens (including phenoxy) is 1. The van der Waals surface area contributed by atoms with Crippen LogP contribution in [-0.2, 0) is 11.2 Å². The number of nitrogen functional groups attached to an aromatic ring is 1. The van der Waals surface area contributed by atoms with E-state index in [1.165, 1.54) is 16.8 Å². The lowest BCUT2D eigenvalue weighted by atomic mass is 10.1. The molecule has 0 aliphatic carbocycles. The Bertz CT molecular complexity index is 919. The maximum atomic E-state index is 13.2. The molecule has 9 nitrogen and oxygen atoms in total. The van der Waals surface area contributed by atoms with Crippen LogP contribution in [0.4, 0.5) is 10.2 Å². The number of nitrogens with two attached hydrogens (primary N) is 2. The van der Waals surface area contributed by atoms with E-state index in [4.69, 9.17) is 16.2 Å². The molecule has 0 bridgehead atoms. The fourth-order valence-corrected chi connectivity index (χ4v) is 3.40. The topological polar surface area (TPSA) is 131 Å². The molecule has 174 valence electrons. The first-order valence-corrected chi connectivity index (χ1v) is 10.5. The number of hydrogen-bond donors (Lipinski definition) is 3. The van der Waals surface area contributed by atoms with Crippen LogP contribution in [0.1, 0.15) is 24.1 Å². The predicted octanol–water partition coefficient (Wildman–Crippen LogP) is 1.64. The number of aliphatic imine (C=N–C) groups is 1. The lowest BCUT2D eigenvalue weighted by molar-refractivity contribution is 0.0376. The first-order valence-electron chi connectivity index (χ1n) is 10.5. The molecule has 1 aliphatic heterocycles. The van der Waals surface area contributed by atoms with E-state index in [2.05, 4.69) is 26.4 Å². The Morgan fingerprint density at radius 2 is 1.97 bits per heavy atom. The molecule has 1 aromatic heterocycles. The van der Waals surface area contributed by atoms with Crippen LogP contribution in [0.5, 0.6) is 0 Å². The summed E-state index contributed by atoms with van der Waals surface area (Å²) in [5.74, 6) is 0.313. The molecule has 5 N–H and O–H groups in total. The van der Waals surface area contributed by atoms with Crippen molar-refractivity contribution in [1.82, 2.24) is 20.0 Å². The quantitative estimate of drug-likeness (QED) is 0.185. The van der Waals surface area contributed by atoms with Crippen LogP contribution < -0.4 is 16.8 Å². The summed E-state index contributed by atoms with van der Waals surface area (Å²) in [6, 6.07) is 7.90. The SMILES string of the molecule is I.N#Cc1c(CCCN=C(N)NCCCN2CCOCC2)nn(-c2ccc(F)cc2)c1N. The lowest BCUT2D eigenvalue weighted by Crippen LogP contribution is -2.39. The average molecular weight is 556 g/mol. The highest BCUT2D eigenvalue weighted by molar-refractivity contribution is 14.0. The summed E-state index contributed by atoms with van der Waals surface area (Å²) in [7, 11) is 0. The monoisotopic (exact) mass is 556 g/mol. The second kappa shape index (κ2) is 13.2. The minimum atomic E-state index is -0.347. The molecular formula is C21H30FIN8O. The molecule has 2 aromatic rings. The molecule has 11 heteroatoms. The Kier molecular flexibility index (Phi) is 10.6. The van der Waals surface area contributed by atoms with Crippen LogP contribution in [0, 0.1) is 17.1 Å². The highest BCUT2D eigenvalue weighted by Crippen LogP contribution is 2.21. The van der Waals surface area contributed by atoms with Crippen LogP contribution in [0.25, 0.3) is 5.69 Å². The second-order valence-electron chi connectivity index (χ2n) is 7.31. The van der Waals surface area contributed by atoms with Gasteiger partial charge in [-0.1, -0.05) is 0 Å². The second-order valence-corrected chi connectivity index (χ2v) is 7.31. The van der Waals surface area contributed by atoms with Crippen LogP contribution in [0.15, 0.2) is 29.3 Å². The van der Waals surface area contributed by atoms with Gasteiger partial charge < -0.3 is 21.5 Å². The summed E-state index contributed by atoms with van der Waals surface area (Å²) in [6.45, 7) is 5.86. The van der Waals surface area contributed by atoms with Crippen LogP contribution in [0.2, 0.25) is 0 Å². The van der Waals surface area contributed by atoms with Crippen molar-refractivity contribution in [3.63, 3.8) is 0 Å². The molecule has 0 radical (unpaired) electrons. The highest BCUT2D eigenvalue weighted by Gasteiger charge is 2.16. The van der Waals surface area contributed by atoms with Crippen molar-refractivity contribution < 1.29 is 9.13 Å². The highest BCUT2D eigenvalue weighted by atomic mass is 127. The number of halogens is 2. The Balaban J connectivity index is 0.00000363. The first kappa shape index (κ1) is 25.8. The molecule has 0 atom stereocenters. The third-order valence-electron chi connectivity index (χ3n) is 5.09. The third kappa shape index (κ3) is 7.32. The van der Waals surface area contributed by atoms with Crippen molar-refractivity contribution in [3.8, 4) is 11.8 Å². The molecule has 1 aliphatic rings. The molecule has 0 unspecified atom stereocenters. The maximum Gasteiger partial charge on any atom is 0.188 e. The zero-order valence-electron chi connectivity index (χ0n) is 18.0. The van der Waals surface area contributed by atoms with Crippen LogP contribution in [-0.4, -0.2) is 66.6 Å². The van der Waals surface area contributed by atoms with Gasteiger partial charge in [-0.25, -0.2) is 9.07 Å². The van der Waals surface area contributed by atoms with Crippen molar-refractivity contribution in [3.05, 3.63) is 41.3 Å². The molecule has 0 saturated carbocycles. The number of aryl methyl sites for hydroxylation is 1. The average Bonchev–Trinajstić information content (AvgIpc) is 3.10. The fourth-order valence-electron chi connectivity index (χ4n) is 3.40. The number of nitrogens with zero attached hydrogens (tertiary/aromatic N) is 5. The van der Waals surface area contributed by atoms with Gasteiger partial charge in [-0.2, -0.15) is 10.4 Å². The van der Waals surface area contributed by atoms with E-state index >= 15 is 0 Å². The van der Waals surface area contributed by atoms with E-state index in [1.54, 1.807) is 12.1 Å². The maximum absolute atomic E-state index is 13.2. The molecular weight excluding hydrogens is 526 g/mol. The standard InChI is InChI=1S/C21H29FN8O.HI/c22-16-4-6-17(7-5-16)30-20(24)18(15-23)19(28-30)3-1-8-26-21(25)27-9-2-10-29-11-13-31-14-12-29;/h4-7H,1-3,8-14,24H2,(H3,25,26,27);1H. The number of nitrogens with one attached hydrogen (secondary N) is 1. The first-order chi connectivity index (χ1) is 15.1. The number of nitriles is 1. The normalized spacial score (nSPS) is 14.6. The van der Waals surface area contributed by atoms with Gasteiger partial charge in [0.2, 0.25) is 0 Å². The van der Waals surface area contributed by atoms with Crippen molar-refractivity contribution in [2.45, 2.75) is 19.3 Å². The van der Waals surface area contributed by atoms with E-state index in [0.29, 0.717) is 42.3 Å². The van der Waals surface area contributed by atoms with E-state index in [-0.39, 0.29) is 35.6 Å². The Labute approximate surface area is 204 Å². The molecule has 32 heavy (non-hydrogen) atoms. The van der Waals surface area contributed by atoms with Crippen molar-refractivity contribution in [2.24, 2.45) is 10.7 Å². The Morgan fingerprint density at radius 1 is 1.25 bits per heavy atom. The number of rotatable bonds is 9. The molecule has 1 fully saturated rings. The number of hydrogen-bond acceptors (Lipinski definition) is 6. The Hall–Kier alpha value is -2.43. The molecule has 2 heterocycles. The molecule has 1 aromatic carbocycles. The number of morpholine rings is 1.